The molecule has 61 heavy (non-hydrogen) atoms. The SMILES string of the molecule is O=S1(=O)c2ccccc2-c2c1ccc1c2-c2ccccc2C12c1ccccc1-c1ccccc1-c1ccc(-c3ccc4c(c3)nc(-c3ccccc3)n4-c3ccccc3)cc12. The summed E-state index contributed by atoms with van der Waals surface area (Å²) in [6.07, 6.45) is 0. The molecule has 0 N–H and O–H groups in total. The van der Waals surface area contributed by atoms with E-state index in [4.69, 9.17) is 4.98 Å². The highest BCUT2D eigenvalue weighted by molar-refractivity contribution is 7.92. The zero-order valence-electron chi connectivity index (χ0n) is 32.7. The smallest absolute Gasteiger partial charge is 0.207 e. The molecule has 1 unspecified atom stereocenters. The molecule has 2 aliphatic carbocycles. The van der Waals surface area contributed by atoms with Gasteiger partial charge in [0.2, 0.25) is 9.84 Å². The summed E-state index contributed by atoms with van der Waals surface area (Å²) in [4.78, 5) is 6.06. The second kappa shape index (κ2) is 12.5. The van der Waals surface area contributed by atoms with Crippen LogP contribution in [0.5, 0.6) is 0 Å². The summed E-state index contributed by atoms with van der Waals surface area (Å²) in [5.41, 5.74) is 18.2. The minimum atomic E-state index is -3.71. The average molecular weight is 799 g/mol. The number of hydrogen-bond donors (Lipinski definition) is 0. The summed E-state index contributed by atoms with van der Waals surface area (Å²) in [5, 5.41) is 0. The molecule has 1 aromatic heterocycles. The second-order valence-corrected chi connectivity index (χ2v) is 18.1. The maximum absolute atomic E-state index is 14.2. The molecule has 1 spiro atoms. The Morgan fingerprint density at radius 2 is 0.967 bits per heavy atom. The van der Waals surface area contributed by atoms with E-state index in [1.54, 1.807) is 6.07 Å². The Kier molecular flexibility index (Phi) is 7.00. The molecule has 0 saturated carbocycles. The van der Waals surface area contributed by atoms with Crippen molar-refractivity contribution in [3.63, 3.8) is 0 Å². The van der Waals surface area contributed by atoms with Gasteiger partial charge < -0.3 is 0 Å². The summed E-state index contributed by atoms with van der Waals surface area (Å²) in [6.45, 7) is 0. The zero-order chi connectivity index (χ0) is 40.5. The Hall–Kier alpha value is -7.60. The van der Waals surface area contributed by atoms with Gasteiger partial charge in [-0.2, -0.15) is 0 Å². The lowest BCUT2D eigenvalue weighted by molar-refractivity contribution is 0.598. The third-order valence-electron chi connectivity index (χ3n) is 13.2. The molecular weight excluding hydrogens is 765 g/mol. The first kappa shape index (κ1) is 34.3. The Bertz CT molecular complexity index is 3610. The van der Waals surface area contributed by atoms with Crippen molar-refractivity contribution in [2.75, 3.05) is 0 Å². The fourth-order valence-electron chi connectivity index (χ4n) is 10.7. The lowest BCUT2D eigenvalue weighted by Crippen LogP contribution is -2.29. The molecule has 286 valence electrons. The zero-order valence-corrected chi connectivity index (χ0v) is 33.6. The number of hydrogen-bond acceptors (Lipinski definition) is 3. The molecule has 10 aromatic rings. The maximum Gasteiger partial charge on any atom is 0.207 e. The minimum absolute atomic E-state index is 0.369. The van der Waals surface area contributed by atoms with Crippen molar-refractivity contribution in [1.29, 1.82) is 0 Å². The van der Waals surface area contributed by atoms with Crippen LogP contribution in [0.1, 0.15) is 22.3 Å². The average Bonchev–Trinajstić information content (AvgIpc) is 3.90. The molecule has 9 aromatic carbocycles. The summed E-state index contributed by atoms with van der Waals surface area (Å²) in [6, 6.07) is 72.0. The molecule has 0 saturated heterocycles. The topological polar surface area (TPSA) is 52.0 Å². The van der Waals surface area contributed by atoms with Gasteiger partial charge in [-0.3, -0.25) is 4.57 Å². The number of aromatic nitrogens is 2. The van der Waals surface area contributed by atoms with Crippen LogP contribution in [0.4, 0.5) is 0 Å². The number of nitrogens with zero attached hydrogens (tertiary/aromatic N) is 2. The van der Waals surface area contributed by atoms with E-state index in [9.17, 15) is 8.42 Å². The number of benzene rings is 9. The lowest BCUT2D eigenvalue weighted by atomic mass is 9.65. The summed E-state index contributed by atoms with van der Waals surface area (Å²) in [5.74, 6) is 0.892. The van der Waals surface area contributed by atoms with E-state index < -0.39 is 15.3 Å². The molecule has 2 heterocycles. The van der Waals surface area contributed by atoms with Gasteiger partial charge in [0.1, 0.15) is 5.82 Å². The number of rotatable bonds is 3. The maximum atomic E-state index is 14.2. The normalized spacial score (nSPS) is 15.9. The van der Waals surface area contributed by atoms with E-state index in [1.165, 1.54) is 11.1 Å². The first-order valence-corrected chi connectivity index (χ1v) is 22.1. The molecule has 1 atom stereocenters. The van der Waals surface area contributed by atoms with E-state index in [1.807, 2.05) is 36.4 Å². The Labute approximate surface area is 353 Å². The van der Waals surface area contributed by atoms with Crippen molar-refractivity contribution in [2.24, 2.45) is 0 Å². The Balaban J connectivity index is 1.12. The number of fused-ring (bicyclic) bond motifs is 17. The quantitative estimate of drug-likeness (QED) is 0.179. The molecule has 0 fully saturated rings. The summed E-state index contributed by atoms with van der Waals surface area (Å²) < 4.78 is 30.7. The number of imidazole rings is 1. The molecule has 0 radical (unpaired) electrons. The molecule has 0 amide bonds. The van der Waals surface area contributed by atoms with Crippen LogP contribution in [-0.2, 0) is 15.3 Å². The van der Waals surface area contributed by atoms with Gasteiger partial charge in [-0.25, -0.2) is 13.4 Å². The van der Waals surface area contributed by atoms with Crippen LogP contribution in [-0.4, -0.2) is 18.0 Å². The van der Waals surface area contributed by atoms with Crippen LogP contribution in [0.3, 0.4) is 0 Å². The van der Waals surface area contributed by atoms with Crippen molar-refractivity contribution in [2.45, 2.75) is 15.2 Å². The molecular formula is C56H34N2O2S. The van der Waals surface area contributed by atoms with Crippen LogP contribution in [0, 0.1) is 0 Å². The highest BCUT2D eigenvalue weighted by Crippen LogP contribution is 2.65. The molecule has 4 nitrogen and oxygen atoms in total. The van der Waals surface area contributed by atoms with Crippen molar-refractivity contribution >= 4 is 20.9 Å². The summed E-state index contributed by atoms with van der Waals surface area (Å²) in [7, 11) is -3.71. The van der Waals surface area contributed by atoms with Gasteiger partial charge in [0, 0.05) is 22.4 Å². The van der Waals surface area contributed by atoms with Crippen LogP contribution in [0.25, 0.3) is 83.7 Å². The van der Waals surface area contributed by atoms with E-state index in [0.29, 0.717) is 9.79 Å². The van der Waals surface area contributed by atoms with Gasteiger partial charge in [-0.1, -0.05) is 164 Å². The fraction of sp³-hybridized carbons (Fsp3) is 0.0179. The van der Waals surface area contributed by atoms with Crippen molar-refractivity contribution in [3.05, 3.63) is 229 Å². The molecule has 3 aliphatic rings. The van der Waals surface area contributed by atoms with Crippen molar-refractivity contribution in [3.8, 4) is 72.7 Å². The predicted molar refractivity (Wildman–Crippen MR) is 245 cm³/mol. The Morgan fingerprint density at radius 1 is 0.393 bits per heavy atom. The van der Waals surface area contributed by atoms with E-state index in [0.717, 1.165) is 94.9 Å². The standard InChI is InChI=1S/C56H34N2O2S/c59-61(60)51-26-14-11-23-44(51)54-52(61)32-30-47-53(54)43-22-10-13-25-46(43)56(47)45-24-12-9-21-41(45)39-19-7-8-20-40(39)42-29-27-36(33-48(42)56)37-28-31-50-49(34-37)57-55(35-15-3-1-4-16-35)58(50)38-17-5-2-6-18-38/h1-34H. The highest BCUT2D eigenvalue weighted by Gasteiger charge is 2.52. The monoisotopic (exact) mass is 798 g/mol. The third kappa shape index (κ3) is 4.53. The van der Waals surface area contributed by atoms with Gasteiger partial charge >= 0.3 is 0 Å². The fourth-order valence-corrected chi connectivity index (χ4v) is 12.4. The molecule has 5 heteroatoms. The van der Waals surface area contributed by atoms with E-state index >= 15 is 0 Å². The van der Waals surface area contributed by atoms with Crippen LogP contribution < -0.4 is 0 Å². The van der Waals surface area contributed by atoms with E-state index in [-0.39, 0.29) is 0 Å². The highest BCUT2D eigenvalue weighted by atomic mass is 32.2. The van der Waals surface area contributed by atoms with Gasteiger partial charge in [0.15, 0.2) is 0 Å². The van der Waals surface area contributed by atoms with Gasteiger partial charge in [-0.15, -0.1) is 0 Å². The van der Waals surface area contributed by atoms with Crippen molar-refractivity contribution < 1.29 is 8.42 Å². The van der Waals surface area contributed by atoms with Crippen LogP contribution >= 0.6 is 0 Å². The van der Waals surface area contributed by atoms with Gasteiger partial charge in [0.05, 0.1) is 26.2 Å². The second-order valence-electron chi connectivity index (χ2n) is 16.2. The van der Waals surface area contributed by atoms with Crippen molar-refractivity contribution in [1.82, 2.24) is 9.55 Å². The first-order valence-electron chi connectivity index (χ1n) is 20.6. The van der Waals surface area contributed by atoms with Crippen LogP contribution in [0.15, 0.2) is 216 Å². The number of para-hydroxylation sites is 1. The first-order chi connectivity index (χ1) is 30.0. The molecule has 13 rings (SSSR count). The number of sulfone groups is 1. The Morgan fingerprint density at radius 3 is 1.72 bits per heavy atom. The van der Waals surface area contributed by atoms with Gasteiger partial charge in [0.25, 0.3) is 0 Å². The summed E-state index contributed by atoms with van der Waals surface area (Å²) >= 11 is 0. The minimum Gasteiger partial charge on any atom is -0.292 e. The molecule has 1 aliphatic heterocycles. The van der Waals surface area contributed by atoms with Crippen LogP contribution in [0.2, 0.25) is 0 Å². The van der Waals surface area contributed by atoms with E-state index in [2.05, 4.69) is 168 Å². The van der Waals surface area contributed by atoms with Gasteiger partial charge in [-0.05, 0) is 109 Å². The largest absolute Gasteiger partial charge is 0.292 e. The predicted octanol–water partition coefficient (Wildman–Crippen LogP) is 13.2. The third-order valence-corrected chi connectivity index (χ3v) is 15.1. The lowest BCUT2D eigenvalue weighted by Gasteiger charge is -2.35. The molecule has 0 bridgehead atoms.